The lowest BCUT2D eigenvalue weighted by atomic mass is 10.1. The van der Waals surface area contributed by atoms with Crippen LogP contribution in [-0.4, -0.2) is 30.7 Å². The van der Waals surface area contributed by atoms with Crippen LogP contribution in [0.1, 0.15) is 13.3 Å². The van der Waals surface area contributed by atoms with Gasteiger partial charge < -0.3 is 5.32 Å². The summed E-state index contributed by atoms with van der Waals surface area (Å²) in [6.45, 7) is 6.02. The lowest BCUT2D eigenvalue weighted by Gasteiger charge is -2.10. The fourth-order valence-electron chi connectivity index (χ4n) is 2.02. The van der Waals surface area contributed by atoms with Gasteiger partial charge in [0.05, 0.1) is 0 Å². The van der Waals surface area contributed by atoms with E-state index in [1.54, 1.807) is 0 Å². The zero-order chi connectivity index (χ0) is 6.27. The van der Waals surface area contributed by atoms with E-state index in [4.69, 9.17) is 0 Å². The summed E-state index contributed by atoms with van der Waals surface area (Å²) >= 11 is 0. The van der Waals surface area contributed by atoms with Crippen LogP contribution in [0, 0.1) is 5.92 Å². The quantitative estimate of drug-likeness (QED) is 0.501. The second-order valence-electron chi connectivity index (χ2n) is 3.38. The molecule has 2 rings (SSSR count). The molecule has 2 aliphatic rings. The second-order valence-corrected chi connectivity index (χ2v) is 3.38. The fourth-order valence-corrected chi connectivity index (χ4v) is 2.02. The number of nitrogens with zero attached hydrogens (tertiary/aromatic N) is 1. The highest BCUT2D eigenvalue weighted by atomic mass is 15.3. The Labute approximate surface area is 56.2 Å². The first kappa shape index (κ1) is 5.69. The highest BCUT2D eigenvalue weighted by Gasteiger charge is 2.32. The van der Waals surface area contributed by atoms with Crippen LogP contribution in [0.3, 0.4) is 0 Å². The molecule has 0 aromatic heterocycles. The van der Waals surface area contributed by atoms with Crippen LogP contribution < -0.4 is 5.32 Å². The molecule has 0 aliphatic carbocycles. The van der Waals surface area contributed by atoms with Crippen molar-refractivity contribution in [3.8, 4) is 0 Å². The van der Waals surface area contributed by atoms with Gasteiger partial charge in [-0.25, -0.2) is 0 Å². The Balaban J connectivity index is 2.02. The van der Waals surface area contributed by atoms with Crippen molar-refractivity contribution in [1.29, 1.82) is 0 Å². The van der Waals surface area contributed by atoms with Crippen LogP contribution in [0.5, 0.6) is 0 Å². The zero-order valence-corrected chi connectivity index (χ0v) is 5.93. The molecule has 2 fully saturated rings. The summed E-state index contributed by atoms with van der Waals surface area (Å²) in [5.74, 6) is 0.942. The summed E-state index contributed by atoms with van der Waals surface area (Å²) in [6.07, 6.45) is 1.41. The standard InChI is InChI=1S/C7H14N2/c1-6-2-7-3-8-5-9(7)4-6/h6-8H,2-5H2,1H3/t6-,7?/m0/s1. The maximum Gasteiger partial charge on any atom is 0.0484 e. The van der Waals surface area contributed by atoms with Crippen LogP contribution in [0.25, 0.3) is 0 Å². The molecule has 0 bridgehead atoms. The second kappa shape index (κ2) is 1.96. The van der Waals surface area contributed by atoms with E-state index in [1.165, 1.54) is 19.5 Å². The molecule has 2 saturated heterocycles. The van der Waals surface area contributed by atoms with Gasteiger partial charge in [0.15, 0.2) is 0 Å². The Hall–Kier alpha value is -0.0800. The summed E-state index contributed by atoms with van der Waals surface area (Å²) in [5.41, 5.74) is 0. The van der Waals surface area contributed by atoms with Gasteiger partial charge in [-0.3, -0.25) is 4.90 Å². The molecule has 2 atom stereocenters. The van der Waals surface area contributed by atoms with Crippen molar-refractivity contribution in [2.24, 2.45) is 5.92 Å². The minimum absolute atomic E-state index is 0.875. The third-order valence-corrected chi connectivity index (χ3v) is 2.43. The van der Waals surface area contributed by atoms with Gasteiger partial charge in [-0.15, -0.1) is 0 Å². The monoisotopic (exact) mass is 126 g/mol. The minimum atomic E-state index is 0.875. The smallest absolute Gasteiger partial charge is 0.0484 e. The van der Waals surface area contributed by atoms with Crippen molar-refractivity contribution in [3.63, 3.8) is 0 Å². The maximum atomic E-state index is 3.37. The Morgan fingerprint density at radius 1 is 1.56 bits per heavy atom. The van der Waals surface area contributed by atoms with E-state index in [1.807, 2.05) is 0 Å². The number of nitrogens with one attached hydrogen (secondary N) is 1. The van der Waals surface area contributed by atoms with E-state index in [-0.39, 0.29) is 0 Å². The molecule has 0 amide bonds. The number of hydrogen-bond donors (Lipinski definition) is 1. The number of rotatable bonds is 0. The molecule has 2 heteroatoms. The molecule has 1 N–H and O–H groups in total. The maximum absolute atomic E-state index is 3.37. The van der Waals surface area contributed by atoms with Gasteiger partial charge in [-0.2, -0.15) is 0 Å². The number of fused-ring (bicyclic) bond motifs is 1. The molecule has 2 heterocycles. The van der Waals surface area contributed by atoms with E-state index >= 15 is 0 Å². The van der Waals surface area contributed by atoms with Gasteiger partial charge >= 0.3 is 0 Å². The van der Waals surface area contributed by atoms with Gasteiger partial charge in [0.1, 0.15) is 0 Å². The molecule has 2 aliphatic heterocycles. The van der Waals surface area contributed by atoms with Gasteiger partial charge in [0.2, 0.25) is 0 Å². The van der Waals surface area contributed by atoms with Crippen LogP contribution in [0.2, 0.25) is 0 Å². The van der Waals surface area contributed by atoms with Crippen LogP contribution in [-0.2, 0) is 0 Å². The normalized spacial score (nSPS) is 43.7. The first-order valence-corrected chi connectivity index (χ1v) is 3.81. The van der Waals surface area contributed by atoms with Crippen LogP contribution in [0.4, 0.5) is 0 Å². The third kappa shape index (κ3) is 0.864. The van der Waals surface area contributed by atoms with Crippen molar-refractivity contribution < 1.29 is 0 Å². The summed E-state index contributed by atoms with van der Waals surface area (Å²) in [5, 5.41) is 3.37. The van der Waals surface area contributed by atoms with Crippen LogP contribution >= 0.6 is 0 Å². The molecule has 1 unspecified atom stereocenters. The molecule has 0 spiro atoms. The predicted octanol–water partition coefficient (Wildman–Crippen LogP) is 0.258. The van der Waals surface area contributed by atoms with E-state index in [2.05, 4.69) is 17.1 Å². The fraction of sp³-hybridized carbons (Fsp3) is 1.00. The van der Waals surface area contributed by atoms with E-state index in [9.17, 15) is 0 Å². The van der Waals surface area contributed by atoms with Crippen molar-refractivity contribution in [2.75, 3.05) is 19.8 Å². The van der Waals surface area contributed by atoms with E-state index < -0.39 is 0 Å². The van der Waals surface area contributed by atoms with Gasteiger partial charge in [0.25, 0.3) is 0 Å². The van der Waals surface area contributed by atoms with Gasteiger partial charge in [0, 0.05) is 25.8 Å². The SMILES string of the molecule is C[C@H]1CC2CNCN2C1. The summed E-state index contributed by atoms with van der Waals surface area (Å²) < 4.78 is 0. The molecule has 52 valence electrons. The Kier molecular flexibility index (Phi) is 1.24. The van der Waals surface area contributed by atoms with E-state index in [0.717, 1.165) is 18.6 Å². The summed E-state index contributed by atoms with van der Waals surface area (Å²) in [4.78, 5) is 2.55. The van der Waals surface area contributed by atoms with E-state index in [0.29, 0.717) is 0 Å². The molecule has 0 aromatic carbocycles. The largest absolute Gasteiger partial charge is 0.303 e. The molecule has 2 nitrogen and oxygen atoms in total. The minimum Gasteiger partial charge on any atom is -0.303 e. The zero-order valence-electron chi connectivity index (χ0n) is 5.93. The summed E-state index contributed by atoms with van der Waals surface area (Å²) in [6, 6.07) is 0.875. The third-order valence-electron chi connectivity index (χ3n) is 2.43. The van der Waals surface area contributed by atoms with Crippen molar-refractivity contribution in [2.45, 2.75) is 19.4 Å². The first-order chi connectivity index (χ1) is 4.36. The predicted molar refractivity (Wildman–Crippen MR) is 37.1 cm³/mol. The molecular formula is C7H14N2. The first-order valence-electron chi connectivity index (χ1n) is 3.81. The molecule has 0 aromatic rings. The van der Waals surface area contributed by atoms with Gasteiger partial charge in [-0.05, 0) is 12.3 Å². The van der Waals surface area contributed by atoms with Crippen molar-refractivity contribution in [3.05, 3.63) is 0 Å². The highest BCUT2D eigenvalue weighted by molar-refractivity contribution is 4.88. The summed E-state index contributed by atoms with van der Waals surface area (Å²) in [7, 11) is 0. The Morgan fingerprint density at radius 2 is 2.44 bits per heavy atom. The molecule has 0 radical (unpaired) electrons. The topological polar surface area (TPSA) is 15.3 Å². The average Bonchev–Trinajstić information content (AvgIpc) is 2.22. The number of hydrogen-bond acceptors (Lipinski definition) is 2. The molecule has 0 saturated carbocycles. The highest BCUT2D eigenvalue weighted by Crippen LogP contribution is 2.23. The van der Waals surface area contributed by atoms with Crippen molar-refractivity contribution in [1.82, 2.24) is 10.2 Å². The Morgan fingerprint density at radius 3 is 3.22 bits per heavy atom. The lowest BCUT2D eigenvalue weighted by Crippen LogP contribution is -2.24. The molecule has 9 heavy (non-hydrogen) atoms. The lowest BCUT2D eigenvalue weighted by molar-refractivity contribution is 0.320. The van der Waals surface area contributed by atoms with Crippen LogP contribution in [0.15, 0.2) is 0 Å². The van der Waals surface area contributed by atoms with Gasteiger partial charge in [-0.1, -0.05) is 6.92 Å². The average molecular weight is 126 g/mol. The molecular weight excluding hydrogens is 112 g/mol. The van der Waals surface area contributed by atoms with Crippen molar-refractivity contribution >= 4 is 0 Å². The Bertz CT molecular complexity index is 101.